The first-order valence-corrected chi connectivity index (χ1v) is 9.74. The molecule has 3 heteroatoms. The van der Waals surface area contributed by atoms with Crippen LogP contribution in [-0.2, 0) is 23.4 Å². The highest BCUT2D eigenvalue weighted by Crippen LogP contribution is 2.23. The Kier molecular flexibility index (Phi) is 6.92. The summed E-state index contributed by atoms with van der Waals surface area (Å²) in [6.07, 6.45) is 1.86. The van der Waals surface area contributed by atoms with Crippen LogP contribution in [0, 0.1) is 13.8 Å². The van der Waals surface area contributed by atoms with Crippen molar-refractivity contribution in [3.63, 3.8) is 0 Å². The highest BCUT2D eigenvalue weighted by Gasteiger charge is 2.10. The van der Waals surface area contributed by atoms with Gasteiger partial charge in [-0.05, 0) is 43.4 Å². The quantitative estimate of drug-likeness (QED) is 0.740. The van der Waals surface area contributed by atoms with Crippen LogP contribution in [0.4, 0.5) is 5.69 Å². The molecular weight excluding hydrogens is 314 g/mol. The smallest absolute Gasteiger partial charge is 0.234 e. The monoisotopic (exact) mass is 341 g/mol. The number of anilines is 1. The molecule has 0 unspecified atom stereocenters. The zero-order valence-electron chi connectivity index (χ0n) is 15.1. The maximum Gasteiger partial charge on any atom is 0.234 e. The fourth-order valence-electron chi connectivity index (χ4n) is 2.99. The molecule has 0 saturated carbocycles. The molecule has 0 fully saturated rings. The van der Waals surface area contributed by atoms with Gasteiger partial charge < -0.3 is 5.32 Å². The Morgan fingerprint density at radius 1 is 1.00 bits per heavy atom. The molecule has 0 spiro atoms. The van der Waals surface area contributed by atoms with Crippen molar-refractivity contribution in [1.82, 2.24) is 0 Å². The molecular formula is C21H27NOS. The topological polar surface area (TPSA) is 29.1 Å². The van der Waals surface area contributed by atoms with Crippen LogP contribution in [0.25, 0.3) is 0 Å². The van der Waals surface area contributed by atoms with Gasteiger partial charge in [-0.15, -0.1) is 11.8 Å². The number of nitrogens with one attached hydrogen (secondary N) is 1. The average Bonchev–Trinajstić information content (AvgIpc) is 2.54. The predicted octanol–water partition coefficient (Wildman–Crippen LogP) is 5.30. The van der Waals surface area contributed by atoms with Crippen molar-refractivity contribution < 1.29 is 4.79 Å². The Morgan fingerprint density at radius 3 is 2.12 bits per heavy atom. The Bertz CT molecular complexity index is 666. The summed E-state index contributed by atoms with van der Waals surface area (Å²) >= 11 is 1.67. The van der Waals surface area contributed by atoms with Gasteiger partial charge >= 0.3 is 0 Å². The van der Waals surface area contributed by atoms with Gasteiger partial charge in [0.05, 0.1) is 5.75 Å². The number of benzene rings is 2. The molecule has 0 radical (unpaired) electrons. The first kappa shape index (κ1) is 18.6. The Hall–Kier alpha value is -1.74. The van der Waals surface area contributed by atoms with Gasteiger partial charge in [0.15, 0.2) is 0 Å². The molecule has 2 rings (SSSR count). The zero-order valence-corrected chi connectivity index (χ0v) is 15.9. The number of rotatable bonds is 7. The Labute approximate surface area is 150 Å². The van der Waals surface area contributed by atoms with Crippen LogP contribution in [0.3, 0.4) is 0 Å². The minimum atomic E-state index is 0.0833. The second-order valence-corrected chi connectivity index (χ2v) is 7.18. The molecule has 0 aliphatic heterocycles. The summed E-state index contributed by atoms with van der Waals surface area (Å²) in [6, 6.07) is 12.8. The van der Waals surface area contributed by atoms with E-state index in [1.54, 1.807) is 11.8 Å². The number of carbonyl (C=O) groups is 1. The van der Waals surface area contributed by atoms with E-state index in [-0.39, 0.29) is 5.91 Å². The maximum absolute atomic E-state index is 12.3. The van der Waals surface area contributed by atoms with E-state index in [9.17, 15) is 4.79 Å². The number of hydrogen-bond donors (Lipinski definition) is 1. The minimum absolute atomic E-state index is 0.0833. The predicted molar refractivity (Wildman–Crippen MR) is 106 cm³/mol. The van der Waals surface area contributed by atoms with Gasteiger partial charge in [-0.3, -0.25) is 4.79 Å². The SMILES string of the molecule is CCc1cccc(CC)c1NC(=O)CSCc1cc(C)cc(C)c1. The zero-order chi connectivity index (χ0) is 17.5. The van der Waals surface area contributed by atoms with Crippen molar-refractivity contribution in [1.29, 1.82) is 0 Å². The van der Waals surface area contributed by atoms with E-state index in [2.05, 4.69) is 69.4 Å². The van der Waals surface area contributed by atoms with Crippen LogP contribution in [0.1, 0.15) is 41.7 Å². The van der Waals surface area contributed by atoms with Crippen molar-refractivity contribution in [2.45, 2.75) is 46.3 Å². The summed E-state index contributed by atoms with van der Waals surface area (Å²) < 4.78 is 0. The highest BCUT2D eigenvalue weighted by molar-refractivity contribution is 7.99. The van der Waals surface area contributed by atoms with Crippen LogP contribution in [0.2, 0.25) is 0 Å². The Balaban J connectivity index is 1.94. The van der Waals surface area contributed by atoms with Gasteiger partial charge in [-0.2, -0.15) is 0 Å². The van der Waals surface area contributed by atoms with E-state index in [1.807, 2.05) is 0 Å². The molecule has 0 bridgehead atoms. The lowest BCUT2D eigenvalue weighted by Crippen LogP contribution is -2.16. The summed E-state index contributed by atoms with van der Waals surface area (Å²) in [6.45, 7) is 8.47. The van der Waals surface area contributed by atoms with Gasteiger partial charge in [0.1, 0.15) is 0 Å². The molecule has 128 valence electrons. The molecule has 0 atom stereocenters. The summed E-state index contributed by atoms with van der Waals surface area (Å²) in [5.74, 6) is 1.43. The summed E-state index contributed by atoms with van der Waals surface area (Å²) in [5, 5.41) is 3.13. The van der Waals surface area contributed by atoms with Crippen LogP contribution in [-0.4, -0.2) is 11.7 Å². The first-order valence-electron chi connectivity index (χ1n) is 8.59. The van der Waals surface area contributed by atoms with E-state index >= 15 is 0 Å². The normalized spacial score (nSPS) is 10.7. The molecule has 2 nitrogen and oxygen atoms in total. The highest BCUT2D eigenvalue weighted by atomic mass is 32.2. The third-order valence-corrected chi connectivity index (χ3v) is 5.05. The fraction of sp³-hybridized carbons (Fsp3) is 0.381. The van der Waals surface area contributed by atoms with Gasteiger partial charge in [0.25, 0.3) is 0 Å². The number of aryl methyl sites for hydroxylation is 4. The molecule has 0 saturated heterocycles. The molecule has 2 aromatic rings. The molecule has 0 aromatic heterocycles. The Morgan fingerprint density at radius 2 is 1.58 bits per heavy atom. The number of thioether (sulfide) groups is 1. The van der Waals surface area contributed by atoms with Crippen LogP contribution >= 0.6 is 11.8 Å². The van der Waals surface area contributed by atoms with Crippen LogP contribution in [0.5, 0.6) is 0 Å². The summed E-state index contributed by atoms with van der Waals surface area (Å²) in [7, 11) is 0. The van der Waals surface area contributed by atoms with E-state index in [0.717, 1.165) is 24.3 Å². The fourth-order valence-corrected chi connectivity index (χ4v) is 3.75. The first-order chi connectivity index (χ1) is 11.5. The van der Waals surface area contributed by atoms with Gasteiger partial charge in [-0.25, -0.2) is 0 Å². The average molecular weight is 342 g/mol. The number of amides is 1. The van der Waals surface area contributed by atoms with Crippen molar-refractivity contribution in [3.05, 3.63) is 64.2 Å². The number of para-hydroxylation sites is 1. The lowest BCUT2D eigenvalue weighted by Gasteiger charge is -2.14. The molecule has 1 amide bonds. The van der Waals surface area contributed by atoms with E-state index < -0.39 is 0 Å². The number of hydrogen-bond acceptors (Lipinski definition) is 2. The van der Waals surface area contributed by atoms with E-state index in [4.69, 9.17) is 0 Å². The van der Waals surface area contributed by atoms with Crippen molar-refractivity contribution in [2.24, 2.45) is 0 Å². The number of carbonyl (C=O) groups excluding carboxylic acids is 1. The van der Waals surface area contributed by atoms with Crippen molar-refractivity contribution >= 4 is 23.4 Å². The minimum Gasteiger partial charge on any atom is -0.325 e. The van der Waals surface area contributed by atoms with E-state index in [0.29, 0.717) is 5.75 Å². The lowest BCUT2D eigenvalue weighted by atomic mass is 10.0. The molecule has 24 heavy (non-hydrogen) atoms. The largest absolute Gasteiger partial charge is 0.325 e. The molecule has 2 aromatic carbocycles. The van der Waals surface area contributed by atoms with Crippen molar-refractivity contribution in [2.75, 3.05) is 11.1 Å². The third-order valence-electron chi connectivity index (χ3n) is 4.05. The van der Waals surface area contributed by atoms with Gasteiger partial charge in [0.2, 0.25) is 5.91 Å². The molecule has 0 heterocycles. The summed E-state index contributed by atoms with van der Waals surface area (Å²) in [5.41, 5.74) is 7.27. The van der Waals surface area contributed by atoms with Crippen LogP contribution in [0.15, 0.2) is 36.4 Å². The standard InChI is InChI=1S/C21H27NOS/c1-5-18-8-7-9-19(6-2)21(18)22-20(23)14-24-13-17-11-15(3)10-16(4)12-17/h7-12H,5-6,13-14H2,1-4H3,(H,22,23). The second-order valence-electron chi connectivity index (χ2n) is 6.20. The van der Waals surface area contributed by atoms with Crippen molar-refractivity contribution in [3.8, 4) is 0 Å². The molecule has 0 aliphatic carbocycles. The van der Waals surface area contributed by atoms with Gasteiger partial charge in [0, 0.05) is 11.4 Å². The van der Waals surface area contributed by atoms with Gasteiger partial charge in [-0.1, -0.05) is 61.4 Å². The molecule has 0 aliphatic rings. The maximum atomic E-state index is 12.3. The molecule has 1 N–H and O–H groups in total. The summed E-state index contributed by atoms with van der Waals surface area (Å²) in [4.78, 5) is 12.3. The van der Waals surface area contributed by atoms with Crippen LogP contribution < -0.4 is 5.32 Å². The lowest BCUT2D eigenvalue weighted by molar-refractivity contribution is -0.113. The van der Waals surface area contributed by atoms with E-state index in [1.165, 1.54) is 27.8 Å². The second kappa shape index (κ2) is 8.93. The third kappa shape index (κ3) is 5.13.